The Bertz CT molecular complexity index is 595. The summed E-state index contributed by atoms with van der Waals surface area (Å²) >= 11 is 0. The van der Waals surface area contributed by atoms with E-state index in [4.69, 9.17) is 4.43 Å². The van der Waals surface area contributed by atoms with E-state index in [1.54, 1.807) is 10.4 Å². The normalized spacial score (nSPS) is 22.2. The highest BCUT2D eigenvalue weighted by molar-refractivity contribution is 7.49. The van der Waals surface area contributed by atoms with Crippen LogP contribution in [0.3, 0.4) is 0 Å². The molecular weight excluding hydrogens is 300 g/mol. The molecular formula is C19H26OSi2. The monoisotopic (exact) mass is 326 g/mol. The van der Waals surface area contributed by atoms with Crippen molar-refractivity contribution in [3.05, 3.63) is 60.7 Å². The van der Waals surface area contributed by atoms with E-state index in [9.17, 15) is 0 Å². The molecule has 0 bridgehead atoms. The van der Waals surface area contributed by atoms with Crippen molar-refractivity contribution in [2.24, 2.45) is 0 Å². The van der Waals surface area contributed by atoms with Gasteiger partial charge in [-0.25, -0.2) is 0 Å². The third-order valence-electron chi connectivity index (χ3n) is 5.19. The summed E-state index contributed by atoms with van der Waals surface area (Å²) in [5.74, 6) is 0. The van der Waals surface area contributed by atoms with Crippen LogP contribution in [0.15, 0.2) is 60.7 Å². The topological polar surface area (TPSA) is 9.23 Å². The Morgan fingerprint density at radius 3 is 1.68 bits per heavy atom. The van der Waals surface area contributed by atoms with Gasteiger partial charge in [0.1, 0.15) is 7.59 Å². The van der Waals surface area contributed by atoms with Gasteiger partial charge in [-0.15, -0.1) is 0 Å². The molecule has 0 spiro atoms. The summed E-state index contributed by atoms with van der Waals surface area (Å²) in [6.07, 6.45) is 1.15. The number of benzene rings is 2. The molecule has 0 unspecified atom stereocenters. The predicted octanol–water partition coefficient (Wildman–Crippen LogP) is 3.73. The maximum Gasteiger partial charge on any atom is 0.185 e. The molecule has 1 nitrogen and oxygen atoms in total. The highest BCUT2D eigenvalue weighted by atomic mass is 29.3. The van der Waals surface area contributed by atoms with Gasteiger partial charge in [-0.1, -0.05) is 71.0 Å². The molecule has 0 aliphatic carbocycles. The van der Waals surface area contributed by atoms with Crippen LogP contribution in [0.4, 0.5) is 0 Å². The molecule has 0 aromatic heterocycles. The molecule has 0 radical (unpaired) electrons. The second-order valence-electron chi connectivity index (χ2n) is 7.51. The lowest BCUT2D eigenvalue weighted by Gasteiger charge is -2.53. The molecule has 1 fully saturated rings. The minimum absolute atomic E-state index is 0.0236. The molecule has 2 aromatic carbocycles. The van der Waals surface area contributed by atoms with Gasteiger partial charge in [0.25, 0.3) is 0 Å². The van der Waals surface area contributed by atoms with Gasteiger partial charge >= 0.3 is 0 Å². The first-order valence-corrected chi connectivity index (χ1v) is 14.3. The summed E-state index contributed by atoms with van der Waals surface area (Å²) in [5, 5.41) is 3.10. The van der Waals surface area contributed by atoms with E-state index < -0.39 is 15.4 Å². The van der Waals surface area contributed by atoms with E-state index in [2.05, 4.69) is 87.6 Å². The highest BCUT2D eigenvalue weighted by Crippen LogP contribution is 2.38. The van der Waals surface area contributed by atoms with Crippen molar-refractivity contribution in [2.45, 2.75) is 45.0 Å². The molecule has 0 saturated carbocycles. The molecule has 3 heteroatoms. The second kappa shape index (κ2) is 5.48. The fourth-order valence-corrected chi connectivity index (χ4v) is 20.0. The first kappa shape index (κ1) is 15.7. The van der Waals surface area contributed by atoms with Crippen molar-refractivity contribution in [3.63, 3.8) is 0 Å². The maximum atomic E-state index is 6.79. The second-order valence-corrected chi connectivity index (χ2v) is 20.4. The van der Waals surface area contributed by atoms with Crippen LogP contribution in [0.5, 0.6) is 0 Å². The molecule has 1 aliphatic rings. The minimum Gasteiger partial charge on any atom is -0.414 e. The van der Waals surface area contributed by atoms with Gasteiger partial charge in [0, 0.05) is 0 Å². The quantitative estimate of drug-likeness (QED) is 0.764. The van der Waals surface area contributed by atoms with Crippen LogP contribution in [0.2, 0.25) is 19.1 Å². The highest BCUT2D eigenvalue weighted by Gasteiger charge is 2.58. The molecule has 2 aromatic rings. The zero-order valence-electron chi connectivity index (χ0n) is 14.1. The Balaban J connectivity index is 2.21. The van der Waals surface area contributed by atoms with Crippen molar-refractivity contribution < 1.29 is 4.43 Å². The zero-order valence-corrected chi connectivity index (χ0v) is 16.1. The fraction of sp³-hybridized carbons (Fsp3) is 0.368. The van der Waals surface area contributed by atoms with Crippen LogP contribution in [0.1, 0.15) is 20.3 Å². The van der Waals surface area contributed by atoms with Crippen LogP contribution < -0.4 is 10.4 Å². The Hall–Kier alpha value is -1.17. The molecule has 22 heavy (non-hydrogen) atoms. The molecule has 116 valence electrons. The number of hydrogen-bond donors (Lipinski definition) is 0. The Kier molecular flexibility index (Phi) is 3.91. The van der Waals surface area contributed by atoms with Crippen LogP contribution in [0, 0.1) is 0 Å². The van der Waals surface area contributed by atoms with Crippen molar-refractivity contribution in [1.82, 2.24) is 0 Å². The fourth-order valence-electron chi connectivity index (χ4n) is 4.21. The number of rotatable bonds is 2. The van der Waals surface area contributed by atoms with Gasteiger partial charge in [0.15, 0.2) is 7.83 Å². The average Bonchev–Trinajstić information content (AvgIpc) is 2.48. The molecule has 0 atom stereocenters. The maximum absolute atomic E-state index is 6.79. The van der Waals surface area contributed by atoms with Crippen LogP contribution in [-0.2, 0) is 4.43 Å². The summed E-state index contributed by atoms with van der Waals surface area (Å²) < 4.78 is 6.79. The van der Waals surface area contributed by atoms with Crippen molar-refractivity contribution >= 4 is 25.8 Å². The lowest BCUT2D eigenvalue weighted by molar-refractivity contribution is 0.0940. The summed E-state index contributed by atoms with van der Waals surface area (Å²) in [4.78, 5) is 0. The van der Waals surface area contributed by atoms with Crippen molar-refractivity contribution in [3.8, 4) is 0 Å². The van der Waals surface area contributed by atoms with Crippen LogP contribution in [-0.4, -0.2) is 21.0 Å². The smallest absolute Gasteiger partial charge is 0.185 e. The lowest BCUT2D eigenvalue weighted by Crippen LogP contribution is -2.78. The molecule has 3 rings (SSSR count). The molecule has 1 aliphatic heterocycles. The van der Waals surface area contributed by atoms with Gasteiger partial charge in [0.2, 0.25) is 0 Å². The van der Waals surface area contributed by atoms with Crippen LogP contribution >= 0.6 is 0 Å². The molecule has 0 amide bonds. The summed E-state index contributed by atoms with van der Waals surface area (Å²) in [6, 6.07) is 23.7. The standard InChI is InChI=1S/C19H26OSi2/c1-19(2)15-16-22(21(3,4)20-19,17-11-7-5-8-12-17)18-13-9-6-10-14-18/h5-14H,15-16H2,1-4H3. The van der Waals surface area contributed by atoms with E-state index in [-0.39, 0.29) is 5.60 Å². The largest absolute Gasteiger partial charge is 0.414 e. The Morgan fingerprint density at radius 1 is 0.818 bits per heavy atom. The van der Waals surface area contributed by atoms with E-state index >= 15 is 0 Å². The first-order valence-electron chi connectivity index (χ1n) is 8.19. The minimum atomic E-state index is -1.85. The summed E-state index contributed by atoms with van der Waals surface area (Å²) in [7, 11) is -3.68. The lowest BCUT2D eigenvalue weighted by atomic mass is 10.1. The van der Waals surface area contributed by atoms with Crippen molar-refractivity contribution in [1.29, 1.82) is 0 Å². The molecule has 1 saturated heterocycles. The van der Waals surface area contributed by atoms with Gasteiger partial charge in [-0.05, 0) is 39.4 Å². The Labute approximate surface area is 136 Å². The van der Waals surface area contributed by atoms with Gasteiger partial charge in [-0.3, -0.25) is 0 Å². The van der Waals surface area contributed by atoms with Gasteiger partial charge in [0.05, 0.1) is 5.60 Å². The summed E-state index contributed by atoms with van der Waals surface area (Å²) in [6.45, 7) is 9.41. The molecule has 0 N–H and O–H groups in total. The Morgan fingerprint density at radius 2 is 1.27 bits per heavy atom. The van der Waals surface area contributed by atoms with Gasteiger partial charge in [-0.2, -0.15) is 0 Å². The van der Waals surface area contributed by atoms with Crippen LogP contribution in [0.25, 0.3) is 0 Å². The predicted molar refractivity (Wildman–Crippen MR) is 100.0 cm³/mol. The van der Waals surface area contributed by atoms with E-state index in [0.29, 0.717) is 0 Å². The third kappa shape index (κ3) is 2.51. The van der Waals surface area contributed by atoms with E-state index in [1.165, 1.54) is 6.04 Å². The molecule has 1 heterocycles. The van der Waals surface area contributed by atoms with E-state index in [0.717, 1.165) is 6.42 Å². The zero-order chi connectivity index (χ0) is 15.8. The summed E-state index contributed by atoms with van der Waals surface area (Å²) in [5.41, 5.74) is 0.0236. The average molecular weight is 327 g/mol. The van der Waals surface area contributed by atoms with Gasteiger partial charge < -0.3 is 4.43 Å². The van der Waals surface area contributed by atoms with Crippen molar-refractivity contribution in [2.75, 3.05) is 0 Å². The first-order chi connectivity index (χ1) is 10.4. The number of hydrogen-bond acceptors (Lipinski definition) is 1. The SMILES string of the molecule is CC1(C)CC[Si](c2ccccc2)(c2ccccc2)[Si](C)(C)O1. The third-order valence-corrected chi connectivity index (χ3v) is 20.9. The van der Waals surface area contributed by atoms with E-state index in [1.807, 2.05) is 0 Å².